The molecule has 0 aliphatic carbocycles. The lowest BCUT2D eigenvalue weighted by Gasteiger charge is -2.03. The largest absolute Gasteiger partial charge is 0.486 e. The van der Waals surface area contributed by atoms with Crippen LogP contribution in [0.3, 0.4) is 0 Å². The molecule has 3 rings (SSSR count). The molecule has 1 N–H and O–H groups in total. The molecule has 0 fully saturated rings. The summed E-state index contributed by atoms with van der Waals surface area (Å²) in [6.45, 7) is 0.331. The van der Waals surface area contributed by atoms with Gasteiger partial charge >= 0.3 is 5.97 Å². The Morgan fingerprint density at radius 1 is 1.29 bits per heavy atom. The van der Waals surface area contributed by atoms with Crippen molar-refractivity contribution in [1.82, 2.24) is 4.98 Å². The van der Waals surface area contributed by atoms with Crippen LogP contribution < -0.4 is 4.74 Å². The third-order valence-corrected chi connectivity index (χ3v) is 3.61. The third kappa shape index (κ3) is 3.11. The molecule has 5 nitrogen and oxygen atoms in total. The van der Waals surface area contributed by atoms with Crippen molar-refractivity contribution < 1.29 is 19.1 Å². The minimum atomic E-state index is -0.954. The van der Waals surface area contributed by atoms with Crippen LogP contribution in [0, 0.1) is 0 Å². The molecular formula is C15H11NO4S. The van der Waals surface area contributed by atoms with E-state index in [1.807, 2.05) is 17.5 Å². The van der Waals surface area contributed by atoms with E-state index in [2.05, 4.69) is 4.98 Å². The van der Waals surface area contributed by atoms with E-state index >= 15 is 0 Å². The molecule has 0 radical (unpaired) electrons. The number of hydrogen-bond acceptors (Lipinski definition) is 5. The van der Waals surface area contributed by atoms with Gasteiger partial charge in [-0.15, -0.1) is 11.3 Å². The first-order chi connectivity index (χ1) is 10.2. The summed E-state index contributed by atoms with van der Waals surface area (Å²) in [6, 6.07) is 9.94. The number of nitrogens with zero attached hydrogens (tertiary/aromatic N) is 1. The van der Waals surface area contributed by atoms with Gasteiger partial charge in [0.2, 0.25) is 0 Å². The van der Waals surface area contributed by atoms with Crippen molar-refractivity contribution in [2.45, 2.75) is 6.61 Å². The number of benzene rings is 1. The molecule has 0 spiro atoms. The van der Waals surface area contributed by atoms with Crippen LogP contribution in [-0.2, 0) is 6.61 Å². The van der Waals surface area contributed by atoms with Crippen LogP contribution in [0.1, 0.15) is 15.4 Å². The van der Waals surface area contributed by atoms with E-state index in [1.54, 1.807) is 18.4 Å². The SMILES string of the molecule is O=C(O)c1ccc(OCc2nc(-c3ccco3)cs2)cc1. The fraction of sp³-hybridized carbons (Fsp3) is 0.0667. The summed E-state index contributed by atoms with van der Waals surface area (Å²) in [5, 5.41) is 11.5. The molecule has 0 unspecified atom stereocenters. The monoisotopic (exact) mass is 301 g/mol. The molecule has 0 saturated carbocycles. The number of thiazole rings is 1. The van der Waals surface area contributed by atoms with E-state index in [1.165, 1.54) is 23.5 Å². The fourth-order valence-electron chi connectivity index (χ4n) is 1.75. The second-order valence-corrected chi connectivity index (χ2v) is 5.16. The summed E-state index contributed by atoms with van der Waals surface area (Å²) in [4.78, 5) is 15.2. The van der Waals surface area contributed by atoms with E-state index in [0.29, 0.717) is 12.4 Å². The molecule has 0 bridgehead atoms. The van der Waals surface area contributed by atoms with Crippen LogP contribution in [0.25, 0.3) is 11.5 Å². The minimum Gasteiger partial charge on any atom is -0.486 e. The molecular weight excluding hydrogens is 290 g/mol. The van der Waals surface area contributed by atoms with Crippen molar-refractivity contribution in [2.24, 2.45) is 0 Å². The van der Waals surface area contributed by atoms with E-state index in [0.717, 1.165) is 16.5 Å². The highest BCUT2D eigenvalue weighted by Crippen LogP contribution is 2.23. The Hall–Kier alpha value is -2.60. The normalized spacial score (nSPS) is 10.5. The van der Waals surface area contributed by atoms with Gasteiger partial charge in [-0.3, -0.25) is 0 Å². The predicted octanol–water partition coefficient (Wildman–Crippen LogP) is 3.68. The maximum atomic E-state index is 10.7. The zero-order valence-corrected chi connectivity index (χ0v) is 11.7. The Morgan fingerprint density at radius 3 is 2.76 bits per heavy atom. The first-order valence-corrected chi connectivity index (χ1v) is 7.05. The highest BCUT2D eigenvalue weighted by Gasteiger charge is 2.08. The molecule has 2 heterocycles. The summed E-state index contributed by atoms with van der Waals surface area (Å²) in [5.74, 6) is 0.377. The number of ether oxygens (including phenoxy) is 1. The molecule has 0 aliphatic rings. The van der Waals surface area contributed by atoms with Gasteiger partial charge in [-0.05, 0) is 36.4 Å². The van der Waals surface area contributed by atoms with Crippen molar-refractivity contribution in [3.8, 4) is 17.2 Å². The third-order valence-electron chi connectivity index (χ3n) is 2.79. The molecule has 6 heteroatoms. The molecule has 0 aliphatic heterocycles. The molecule has 106 valence electrons. The van der Waals surface area contributed by atoms with Crippen LogP contribution in [0.4, 0.5) is 0 Å². The first-order valence-electron chi connectivity index (χ1n) is 6.17. The molecule has 0 amide bonds. The van der Waals surface area contributed by atoms with Crippen LogP contribution in [0.15, 0.2) is 52.5 Å². The maximum Gasteiger partial charge on any atom is 0.335 e. The van der Waals surface area contributed by atoms with Crippen molar-refractivity contribution in [2.75, 3.05) is 0 Å². The average Bonchev–Trinajstić information content (AvgIpc) is 3.16. The summed E-state index contributed by atoms with van der Waals surface area (Å²) in [7, 11) is 0. The molecule has 0 atom stereocenters. The first kappa shape index (κ1) is 13.4. The number of aromatic nitrogens is 1. The lowest BCUT2D eigenvalue weighted by atomic mass is 10.2. The number of rotatable bonds is 5. The van der Waals surface area contributed by atoms with Gasteiger partial charge in [-0.1, -0.05) is 0 Å². The van der Waals surface area contributed by atoms with Crippen LogP contribution in [-0.4, -0.2) is 16.1 Å². The minimum absolute atomic E-state index is 0.233. The Kier molecular flexibility index (Phi) is 3.70. The van der Waals surface area contributed by atoms with Crippen molar-refractivity contribution >= 4 is 17.3 Å². The number of furan rings is 1. The average molecular weight is 301 g/mol. The fourth-order valence-corrected chi connectivity index (χ4v) is 2.45. The van der Waals surface area contributed by atoms with Crippen LogP contribution >= 0.6 is 11.3 Å². The molecule has 2 aromatic heterocycles. The Labute approximate surface area is 124 Å². The van der Waals surface area contributed by atoms with Gasteiger partial charge < -0.3 is 14.3 Å². The topological polar surface area (TPSA) is 72.6 Å². The van der Waals surface area contributed by atoms with Crippen molar-refractivity contribution in [3.05, 3.63) is 58.6 Å². The van der Waals surface area contributed by atoms with Gasteiger partial charge in [0.05, 0.1) is 11.8 Å². The Morgan fingerprint density at radius 2 is 2.10 bits per heavy atom. The quantitative estimate of drug-likeness (QED) is 0.778. The van der Waals surface area contributed by atoms with Crippen LogP contribution in [0.2, 0.25) is 0 Å². The van der Waals surface area contributed by atoms with E-state index in [4.69, 9.17) is 14.3 Å². The van der Waals surface area contributed by atoms with Crippen molar-refractivity contribution in [3.63, 3.8) is 0 Å². The standard InChI is InChI=1S/C15H11NO4S/c17-15(18)10-3-5-11(6-4-10)20-8-14-16-12(9-21-14)13-2-1-7-19-13/h1-7,9H,8H2,(H,17,18). The van der Waals surface area contributed by atoms with Crippen LogP contribution in [0.5, 0.6) is 5.75 Å². The van der Waals surface area contributed by atoms with E-state index in [-0.39, 0.29) is 5.56 Å². The van der Waals surface area contributed by atoms with E-state index < -0.39 is 5.97 Å². The van der Waals surface area contributed by atoms with Gasteiger partial charge in [-0.2, -0.15) is 0 Å². The van der Waals surface area contributed by atoms with Gasteiger partial charge in [-0.25, -0.2) is 9.78 Å². The molecule has 0 saturated heterocycles. The zero-order valence-electron chi connectivity index (χ0n) is 10.9. The second kappa shape index (κ2) is 5.80. The second-order valence-electron chi connectivity index (χ2n) is 4.22. The highest BCUT2D eigenvalue weighted by molar-refractivity contribution is 7.09. The molecule has 21 heavy (non-hydrogen) atoms. The summed E-state index contributed by atoms with van der Waals surface area (Å²) in [6.07, 6.45) is 1.61. The van der Waals surface area contributed by atoms with Gasteiger partial charge in [0.15, 0.2) is 5.76 Å². The lowest BCUT2D eigenvalue weighted by Crippen LogP contribution is -1.97. The smallest absolute Gasteiger partial charge is 0.335 e. The number of carboxylic acid groups (broad SMARTS) is 1. The Balaban J connectivity index is 1.64. The van der Waals surface area contributed by atoms with E-state index in [9.17, 15) is 4.79 Å². The maximum absolute atomic E-state index is 10.7. The number of hydrogen-bond donors (Lipinski definition) is 1. The number of carboxylic acids is 1. The van der Waals surface area contributed by atoms with Gasteiger partial charge in [0, 0.05) is 5.38 Å². The van der Waals surface area contributed by atoms with Crippen molar-refractivity contribution in [1.29, 1.82) is 0 Å². The summed E-state index contributed by atoms with van der Waals surface area (Å²) < 4.78 is 10.9. The van der Waals surface area contributed by atoms with Gasteiger partial charge in [0.1, 0.15) is 23.1 Å². The number of aromatic carboxylic acids is 1. The zero-order chi connectivity index (χ0) is 14.7. The predicted molar refractivity (Wildman–Crippen MR) is 77.5 cm³/mol. The number of carbonyl (C=O) groups is 1. The van der Waals surface area contributed by atoms with Gasteiger partial charge in [0.25, 0.3) is 0 Å². The highest BCUT2D eigenvalue weighted by atomic mass is 32.1. The Bertz CT molecular complexity index is 731. The molecule has 3 aromatic rings. The summed E-state index contributed by atoms with van der Waals surface area (Å²) in [5.41, 5.74) is 1.02. The summed E-state index contributed by atoms with van der Waals surface area (Å²) >= 11 is 1.48. The molecule has 1 aromatic carbocycles. The lowest BCUT2D eigenvalue weighted by molar-refractivity contribution is 0.0697.